The minimum Gasteiger partial charge on any atom is -0.338 e. The monoisotopic (exact) mass is 287 g/mol. The SMILES string of the molecule is CC(c1ccc(Cl)cc1Cl)N(C)C(=O)C(C)(C)C. The lowest BCUT2D eigenvalue weighted by Crippen LogP contribution is -2.38. The van der Waals surface area contributed by atoms with Crippen molar-refractivity contribution in [3.05, 3.63) is 33.8 Å². The number of benzene rings is 1. The normalized spacial score (nSPS) is 13.3. The molecule has 0 N–H and O–H groups in total. The Hall–Kier alpha value is -0.730. The van der Waals surface area contributed by atoms with Gasteiger partial charge in [-0.05, 0) is 24.6 Å². The molecule has 0 fully saturated rings. The van der Waals surface area contributed by atoms with Gasteiger partial charge in [-0.15, -0.1) is 0 Å². The van der Waals surface area contributed by atoms with Crippen LogP contribution in [0.5, 0.6) is 0 Å². The number of carbonyl (C=O) groups is 1. The molecule has 1 amide bonds. The first-order chi connectivity index (χ1) is 8.14. The highest BCUT2D eigenvalue weighted by Gasteiger charge is 2.28. The Labute approximate surface area is 119 Å². The summed E-state index contributed by atoms with van der Waals surface area (Å²) in [6.07, 6.45) is 0. The van der Waals surface area contributed by atoms with Crippen molar-refractivity contribution in [3.63, 3.8) is 0 Å². The second-order valence-electron chi connectivity index (χ2n) is 5.51. The van der Waals surface area contributed by atoms with Crippen LogP contribution in [0, 0.1) is 5.41 Å². The summed E-state index contributed by atoms with van der Waals surface area (Å²) in [5, 5.41) is 1.18. The van der Waals surface area contributed by atoms with Crippen molar-refractivity contribution in [1.29, 1.82) is 0 Å². The molecule has 0 radical (unpaired) electrons. The fourth-order valence-electron chi connectivity index (χ4n) is 1.75. The number of hydrogen-bond donors (Lipinski definition) is 0. The van der Waals surface area contributed by atoms with Crippen LogP contribution in [0.15, 0.2) is 18.2 Å². The van der Waals surface area contributed by atoms with Crippen LogP contribution >= 0.6 is 23.2 Å². The summed E-state index contributed by atoms with van der Waals surface area (Å²) in [6.45, 7) is 7.67. The Bertz CT molecular complexity index is 452. The molecule has 100 valence electrons. The molecule has 18 heavy (non-hydrogen) atoms. The van der Waals surface area contributed by atoms with Crippen LogP contribution in [0.4, 0.5) is 0 Å². The highest BCUT2D eigenvalue weighted by atomic mass is 35.5. The van der Waals surface area contributed by atoms with Crippen LogP contribution in [0.3, 0.4) is 0 Å². The topological polar surface area (TPSA) is 20.3 Å². The summed E-state index contributed by atoms with van der Waals surface area (Å²) >= 11 is 12.0. The largest absolute Gasteiger partial charge is 0.338 e. The van der Waals surface area contributed by atoms with E-state index in [2.05, 4.69) is 0 Å². The summed E-state index contributed by atoms with van der Waals surface area (Å²) in [7, 11) is 1.79. The van der Waals surface area contributed by atoms with E-state index in [1.807, 2.05) is 33.8 Å². The molecule has 0 aliphatic heterocycles. The average molecular weight is 288 g/mol. The van der Waals surface area contributed by atoms with Gasteiger partial charge < -0.3 is 4.90 Å². The standard InChI is InChI=1S/C14H19Cl2NO/c1-9(17(5)13(18)14(2,3)4)11-7-6-10(15)8-12(11)16/h6-9H,1-5H3. The smallest absolute Gasteiger partial charge is 0.228 e. The van der Waals surface area contributed by atoms with Crippen LogP contribution in [-0.4, -0.2) is 17.9 Å². The van der Waals surface area contributed by atoms with Crippen LogP contribution in [0.25, 0.3) is 0 Å². The van der Waals surface area contributed by atoms with Gasteiger partial charge in [0.15, 0.2) is 0 Å². The van der Waals surface area contributed by atoms with E-state index in [0.29, 0.717) is 10.0 Å². The predicted octanol–water partition coefficient (Wildman–Crippen LogP) is 4.56. The summed E-state index contributed by atoms with van der Waals surface area (Å²) in [5.41, 5.74) is 0.503. The quantitative estimate of drug-likeness (QED) is 0.781. The maximum Gasteiger partial charge on any atom is 0.228 e. The van der Waals surface area contributed by atoms with Crippen molar-refractivity contribution < 1.29 is 4.79 Å². The molecule has 0 aliphatic carbocycles. The van der Waals surface area contributed by atoms with Crippen molar-refractivity contribution >= 4 is 29.1 Å². The van der Waals surface area contributed by atoms with E-state index in [1.54, 1.807) is 24.1 Å². The molecule has 1 aromatic rings. The molecule has 0 aliphatic rings. The maximum atomic E-state index is 12.2. The van der Waals surface area contributed by atoms with Crippen molar-refractivity contribution in [2.24, 2.45) is 5.41 Å². The summed E-state index contributed by atoms with van der Waals surface area (Å²) in [4.78, 5) is 13.9. The van der Waals surface area contributed by atoms with Gasteiger partial charge in [0.05, 0.1) is 6.04 Å². The number of carbonyl (C=O) groups excluding carboxylic acids is 1. The van der Waals surface area contributed by atoms with E-state index in [-0.39, 0.29) is 11.9 Å². The highest BCUT2D eigenvalue weighted by molar-refractivity contribution is 6.35. The van der Waals surface area contributed by atoms with Gasteiger partial charge in [0.2, 0.25) is 5.91 Å². The molecule has 1 atom stereocenters. The Kier molecular flexibility index (Phi) is 4.68. The Morgan fingerprint density at radius 2 is 1.83 bits per heavy atom. The molecule has 0 heterocycles. The van der Waals surface area contributed by atoms with Gasteiger partial charge >= 0.3 is 0 Å². The second kappa shape index (κ2) is 5.50. The number of hydrogen-bond acceptors (Lipinski definition) is 1. The minimum atomic E-state index is -0.401. The molecule has 1 aromatic carbocycles. The van der Waals surface area contributed by atoms with Crippen molar-refractivity contribution in [2.45, 2.75) is 33.7 Å². The molecule has 0 bridgehead atoms. The fourth-order valence-corrected chi connectivity index (χ4v) is 2.32. The third kappa shape index (κ3) is 3.39. The van der Waals surface area contributed by atoms with E-state index in [4.69, 9.17) is 23.2 Å². The lowest BCUT2D eigenvalue weighted by Gasteiger charge is -2.31. The van der Waals surface area contributed by atoms with Crippen molar-refractivity contribution in [1.82, 2.24) is 4.90 Å². The molecular formula is C14H19Cl2NO. The summed E-state index contributed by atoms with van der Waals surface area (Å²) < 4.78 is 0. The molecule has 0 spiro atoms. The molecule has 0 aromatic heterocycles. The molecule has 2 nitrogen and oxygen atoms in total. The van der Waals surface area contributed by atoms with Gasteiger partial charge in [-0.3, -0.25) is 4.79 Å². The van der Waals surface area contributed by atoms with E-state index in [9.17, 15) is 4.79 Å². The third-order valence-corrected chi connectivity index (χ3v) is 3.52. The van der Waals surface area contributed by atoms with Crippen LogP contribution in [-0.2, 0) is 4.79 Å². The number of rotatable bonds is 2. The third-order valence-electron chi connectivity index (χ3n) is 2.96. The lowest BCUT2D eigenvalue weighted by molar-refractivity contribution is -0.140. The van der Waals surface area contributed by atoms with E-state index in [0.717, 1.165) is 5.56 Å². The first kappa shape index (κ1) is 15.3. The fraction of sp³-hybridized carbons (Fsp3) is 0.500. The van der Waals surface area contributed by atoms with Gasteiger partial charge in [0.25, 0.3) is 0 Å². The zero-order valence-corrected chi connectivity index (χ0v) is 12.9. The van der Waals surface area contributed by atoms with E-state index in [1.165, 1.54) is 0 Å². The van der Waals surface area contributed by atoms with Gasteiger partial charge in [0.1, 0.15) is 0 Å². The first-order valence-electron chi connectivity index (χ1n) is 5.87. The minimum absolute atomic E-state index is 0.0820. The zero-order chi connectivity index (χ0) is 14.1. The Morgan fingerprint density at radius 1 is 1.28 bits per heavy atom. The molecule has 1 rings (SSSR count). The van der Waals surface area contributed by atoms with Crippen LogP contribution < -0.4 is 0 Å². The molecule has 0 saturated heterocycles. The molecule has 4 heteroatoms. The first-order valence-corrected chi connectivity index (χ1v) is 6.62. The lowest BCUT2D eigenvalue weighted by atomic mass is 9.93. The Balaban J connectivity index is 3.00. The van der Waals surface area contributed by atoms with E-state index < -0.39 is 5.41 Å². The van der Waals surface area contributed by atoms with Crippen LogP contribution in [0.2, 0.25) is 10.0 Å². The maximum absolute atomic E-state index is 12.2. The summed E-state index contributed by atoms with van der Waals surface area (Å²) in [6, 6.07) is 5.27. The zero-order valence-electron chi connectivity index (χ0n) is 11.4. The van der Waals surface area contributed by atoms with Crippen LogP contribution in [0.1, 0.15) is 39.3 Å². The summed E-state index contributed by atoms with van der Waals surface area (Å²) in [5.74, 6) is 0.0843. The average Bonchev–Trinajstić information content (AvgIpc) is 2.25. The predicted molar refractivity (Wildman–Crippen MR) is 77.1 cm³/mol. The Morgan fingerprint density at radius 3 is 2.28 bits per heavy atom. The second-order valence-corrected chi connectivity index (χ2v) is 6.35. The van der Waals surface area contributed by atoms with Crippen molar-refractivity contribution in [2.75, 3.05) is 7.05 Å². The van der Waals surface area contributed by atoms with Gasteiger partial charge in [-0.1, -0.05) is 50.0 Å². The van der Waals surface area contributed by atoms with Gasteiger partial charge in [-0.25, -0.2) is 0 Å². The van der Waals surface area contributed by atoms with Gasteiger partial charge in [-0.2, -0.15) is 0 Å². The molecule has 0 saturated carbocycles. The number of nitrogens with zero attached hydrogens (tertiary/aromatic N) is 1. The highest BCUT2D eigenvalue weighted by Crippen LogP contribution is 2.31. The molecular weight excluding hydrogens is 269 g/mol. The molecule has 1 unspecified atom stereocenters. The van der Waals surface area contributed by atoms with Crippen molar-refractivity contribution in [3.8, 4) is 0 Å². The number of halogens is 2. The van der Waals surface area contributed by atoms with Gasteiger partial charge in [0, 0.05) is 22.5 Å². The number of amides is 1. The van der Waals surface area contributed by atoms with E-state index >= 15 is 0 Å².